The van der Waals surface area contributed by atoms with Crippen molar-refractivity contribution in [3.05, 3.63) is 65.7 Å². The Morgan fingerprint density at radius 2 is 1.66 bits per heavy atom. The molecule has 0 aromatic heterocycles. The minimum atomic E-state index is -4.37. The predicted molar refractivity (Wildman–Crippen MR) is 110 cm³/mol. The number of carbonyl (C=O) groups excluding carboxylic acids is 1. The van der Waals surface area contributed by atoms with E-state index >= 15 is 0 Å². The van der Waals surface area contributed by atoms with E-state index in [0.29, 0.717) is 17.3 Å². The van der Waals surface area contributed by atoms with Crippen LogP contribution < -0.4 is 10.6 Å². The number of alkyl halides is 3. The van der Waals surface area contributed by atoms with Crippen LogP contribution in [0.4, 0.5) is 24.5 Å². The summed E-state index contributed by atoms with van der Waals surface area (Å²) in [6.07, 6.45) is 0.501. The van der Waals surface area contributed by atoms with Gasteiger partial charge in [0.1, 0.15) is 0 Å². The summed E-state index contributed by atoms with van der Waals surface area (Å²) in [6.45, 7) is 2.06. The van der Waals surface area contributed by atoms with Crippen LogP contribution in [0.2, 0.25) is 0 Å². The number of piperidine rings is 1. The van der Waals surface area contributed by atoms with E-state index in [1.54, 1.807) is 0 Å². The van der Waals surface area contributed by atoms with E-state index in [-0.39, 0.29) is 5.91 Å². The number of hydrogen-bond acceptors (Lipinski definition) is 3. The van der Waals surface area contributed by atoms with Gasteiger partial charge in [0.15, 0.2) is 0 Å². The quantitative estimate of drug-likeness (QED) is 0.701. The van der Waals surface area contributed by atoms with Crippen LogP contribution in [0.15, 0.2) is 54.6 Å². The Kier molecular flexibility index (Phi) is 6.59. The van der Waals surface area contributed by atoms with Gasteiger partial charge in [-0.05, 0) is 68.9 Å². The lowest BCUT2D eigenvalue weighted by atomic mass is 10.0. The molecule has 1 saturated heterocycles. The fraction of sp³-hybridized carbons (Fsp3) is 0.318. The number of likely N-dealkylation sites (tertiary alicyclic amines) is 1. The van der Waals surface area contributed by atoms with Crippen LogP contribution in [0.25, 0.3) is 6.08 Å². The number of amides is 1. The molecule has 1 heterocycles. The van der Waals surface area contributed by atoms with Crippen molar-refractivity contribution in [3.63, 3.8) is 0 Å². The van der Waals surface area contributed by atoms with Crippen LogP contribution in [0, 0.1) is 0 Å². The maximum Gasteiger partial charge on any atom is 0.416 e. The van der Waals surface area contributed by atoms with Crippen molar-refractivity contribution in [2.45, 2.75) is 25.1 Å². The number of carbonyl (C=O) groups is 1. The third-order valence-electron chi connectivity index (χ3n) is 4.93. The molecule has 0 spiro atoms. The zero-order chi connectivity index (χ0) is 20.9. The number of nitrogens with zero attached hydrogens (tertiary/aromatic N) is 1. The normalized spacial score (nSPS) is 16.1. The maximum atomic E-state index is 12.6. The molecule has 0 aliphatic carbocycles. The first-order valence-electron chi connectivity index (χ1n) is 9.52. The lowest BCUT2D eigenvalue weighted by Gasteiger charge is -2.30. The molecule has 3 rings (SSSR count). The number of nitrogens with one attached hydrogen (secondary N) is 2. The molecule has 4 nitrogen and oxygen atoms in total. The van der Waals surface area contributed by atoms with Crippen molar-refractivity contribution in [2.75, 3.05) is 30.8 Å². The summed E-state index contributed by atoms with van der Waals surface area (Å²) < 4.78 is 37.8. The molecule has 1 amide bonds. The van der Waals surface area contributed by atoms with Crippen LogP contribution >= 0.6 is 0 Å². The summed E-state index contributed by atoms with van der Waals surface area (Å²) in [5.74, 6) is -0.345. The van der Waals surface area contributed by atoms with E-state index in [9.17, 15) is 18.0 Å². The molecule has 1 aliphatic heterocycles. The lowest BCUT2D eigenvalue weighted by molar-refractivity contribution is -0.137. The van der Waals surface area contributed by atoms with Crippen molar-refractivity contribution >= 4 is 23.4 Å². The maximum absolute atomic E-state index is 12.6. The van der Waals surface area contributed by atoms with Crippen molar-refractivity contribution in [1.82, 2.24) is 4.90 Å². The third-order valence-corrected chi connectivity index (χ3v) is 4.93. The number of benzene rings is 2. The minimum Gasteiger partial charge on any atom is -0.381 e. The molecule has 2 N–H and O–H groups in total. The van der Waals surface area contributed by atoms with Crippen LogP contribution in [-0.2, 0) is 11.0 Å². The highest BCUT2D eigenvalue weighted by atomic mass is 19.4. The highest BCUT2D eigenvalue weighted by molar-refractivity contribution is 6.03. The molecule has 0 radical (unpaired) electrons. The summed E-state index contributed by atoms with van der Waals surface area (Å²) >= 11 is 0. The van der Waals surface area contributed by atoms with Gasteiger partial charge in [-0.2, -0.15) is 13.2 Å². The van der Waals surface area contributed by atoms with Crippen LogP contribution in [-0.4, -0.2) is 37.0 Å². The molecule has 1 fully saturated rings. The first kappa shape index (κ1) is 20.9. The van der Waals surface area contributed by atoms with E-state index in [4.69, 9.17) is 0 Å². The highest BCUT2D eigenvalue weighted by Gasteiger charge is 2.29. The Labute approximate surface area is 168 Å². The molecule has 2 aromatic carbocycles. The molecular weight excluding hydrogens is 379 g/mol. The zero-order valence-corrected chi connectivity index (χ0v) is 16.2. The Morgan fingerprint density at radius 1 is 1.03 bits per heavy atom. The predicted octanol–water partition coefficient (Wildman–Crippen LogP) is 4.86. The smallest absolute Gasteiger partial charge is 0.381 e. The van der Waals surface area contributed by atoms with Crippen molar-refractivity contribution in [1.29, 1.82) is 0 Å². The summed E-state index contributed by atoms with van der Waals surface area (Å²) in [7, 11) is 2.10. The summed E-state index contributed by atoms with van der Waals surface area (Å²) in [4.78, 5) is 14.6. The van der Waals surface area contributed by atoms with Crippen molar-refractivity contribution < 1.29 is 18.0 Å². The van der Waals surface area contributed by atoms with Gasteiger partial charge >= 0.3 is 6.18 Å². The standard InChI is InChI=1S/C22H24F3N3O/c1-28-14-12-18(13-15-28)26-19-4-2-3-5-20(19)27-21(29)11-8-16-6-9-17(10-7-16)22(23,24)25/h2-11,18,26H,12-15H2,1H3,(H,27,29)/b11-8+. The van der Waals surface area contributed by atoms with E-state index in [2.05, 4.69) is 22.6 Å². The second kappa shape index (κ2) is 9.13. The van der Waals surface area contributed by atoms with E-state index < -0.39 is 11.7 Å². The average molecular weight is 403 g/mol. The number of rotatable bonds is 5. The molecule has 0 bridgehead atoms. The molecule has 0 saturated carbocycles. The fourth-order valence-corrected chi connectivity index (χ4v) is 3.22. The molecular formula is C22H24F3N3O. The van der Waals surface area contributed by atoms with Gasteiger partial charge in [0.05, 0.1) is 16.9 Å². The molecule has 0 atom stereocenters. The van der Waals surface area contributed by atoms with Gasteiger partial charge in [-0.3, -0.25) is 4.79 Å². The highest BCUT2D eigenvalue weighted by Crippen LogP contribution is 2.29. The van der Waals surface area contributed by atoms with Gasteiger partial charge in [0.25, 0.3) is 0 Å². The molecule has 7 heteroatoms. The van der Waals surface area contributed by atoms with E-state index in [0.717, 1.165) is 43.8 Å². The van der Waals surface area contributed by atoms with Crippen LogP contribution in [0.5, 0.6) is 0 Å². The van der Waals surface area contributed by atoms with E-state index in [1.165, 1.54) is 24.3 Å². The molecule has 2 aromatic rings. The van der Waals surface area contributed by atoms with Gasteiger partial charge in [-0.25, -0.2) is 0 Å². The first-order valence-corrected chi connectivity index (χ1v) is 9.52. The lowest BCUT2D eigenvalue weighted by Crippen LogP contribution is -2.36. The van der Waals surface area contributed by atoms with Crippen molar-refractivity contribution in [2.24, 2.45) is 0 Å². The largest absolute Gasteiger partial charge is 0.416 e. The number of anilines is 2. The Morgan fingerprint density at radius 3 is 2.28 bits per heavy atom. The van der Waals surface area contributed by atoms with Crippen LogP contribution in [0.3, 0.4) is 0 Å². The minimum absolute atomic E-state index is 0.345. The third kappa shape index (κ3) is 6.09. The summed E-state index contributed by atoms with van der Waals surface area (Å²) in [6, 6.07) is 12.5. The van der Waals surface area contributed by atoms with Crippen molar-refractivity contribution in [3.8, 4) is 0 Å². The van der Waals surface area contributed by atoms with E-state index in [1.807, 2.05) is 24.3 Å². The molecule has 1 aliphatic rings. The Bertz CT molecular complexity index is 854. The summed E-state index contributed by atoms with van der Waals surface area (Å²) in [5.41, 5.74) is 1.34. The van der Waals surface area contributed by atoms with Gasteiger partial charge in [-0.15, -0.1) is 0 Å². The fourth-order valence-electron chi connectivity index (χ4n) is 3.22. The first-order chi connectivity index (χ1) is 13.8. The zero-order valence-electron chi connectivity index (χ0n) is 16.2. The van der Waals surface area contributed by atoms with Gasteiger partial charge in [0.2, 0.25) is 5.91 Å². The van der Waals surface area contributed by atoms with Crippen LogP contribution in [0.1, 0.15) is 24.0 Å². The molecule has 29 heavy (non-hydrogen) atoms. The average Bonchev–Trinajstić information content (AvgIpc) is 2.69. The molecule has 0 unspecified atom stereocenters. The Hall–Kier alpha value is -2.80. The van der Waals surface area contributed by atoms with Gasteiger partial charge < -0.3 is 15.5 Å². The Balaban J connectivity index is 1.61. The number of hydrogen-bond donors (Lipinski definition) is 2. The number of halogens is 3. The van der Waals surface area contributed by atoms with Gasteiger partial charge in [-0.1, -0.05) is 24.3 Å². The van der Waals surface area contributed by atoms with Gasteiger partial charge in [0, 0.05) is 12.1 Å². The molecule has 154 valence electrons. The second-order valence-electron chi connectivity index (χ2n) is 7.21. The topological polar surface area (TPSA) is 44.4 Å². The monoisotopic (exact) mass is 403 g/mol. The number of para-hydroxylation sites is 2. The SMILES string of the molecule is CN1CCC(Nc2ccccc2NC(=O)/C=C/c2ccc(C(F)(F)F)cc2)CC1. The summed E-state index contributed by atoms with van der Waals surface area (Å²) in [5, 5.41) is 6.33. The second-order valence-corrected chi connectivity index (χ2v) is 7.21.